The van der Waals surface area contributed by atoms with Crippen LogP contribution in [0.25, 0.3) is 17.1 Å². The van der Waals surface area contributed by atoms with Gasteiger partial charge in [0, 0.05) is 11.3 Å². The molecule has 0 bridgehead atoms. The van der Waals surface area contributed by atoms with Crippen molar-refractivity contribution in [3.05, 3.63) is 84.3 Å². The molecule has 1 unspecified atom stereocenters. The number of amides is 1. The summed E-state index contributed by atoms with van der Waals surface area (Å²) in [6.45, 7) is 3.79. The normalized spacial score (nSPS) is 11.9. The number of aromatic nitrogens is 3. The van der Waals surface area contributed by atoms with Gasteiger partial charge in [-0.2, -0.15) is 0 Å². The highest BCUT2D eigenvalue weighted by molar-refractivity contribution is 7.99. The van der Waals surface area contributed by atoms with Gasteiger partial charge in [-0.1, -0.05) is 60.3 Å². The number of para-hydroxylation sites is 1. The molecular formula is C23H22N4O2S. The van der Waals surface area contributed by atoms with Crippen LogP contribution in [0.4, 0.5) is 0 Å². The Morgan fingerprint density at radius 2 is 1.73 bits per heavy atom. The fourth-order valence-corrected chi connectivity index (χ4v) is 3.88. The van der Waals surface area contributed by atoms with Crippen LogP contribution in [0.2, 0.25) is 0 Å². The average molecular weight is 419 g/mol. The lowest BCUT2D eigenvalue weighted by Crippen LogP contribution is -2.28. The summed E-state index contributed by atoms with van der Waals surface area (Å²) in [5.74, 6) is 2.44. The van der Waals surface area contributed by atoms with Crippen LogP contribution >= 0.6 is 11.8 Å². The van der Waals surface area contributed by atoms with E-state index in [1.54, 1.807) is 0 Å². The third kappa shape index (κ3) is 4.46. The van der Waals surface area contributed by atoms with Crippen molar-refractivity contribution < 1.29 is 9.21 Å². The van der Waals surface area contributed by atoms with Gasteiger partial charge in [0.05, 0.1) is 11.8 Å². The SMILES string of the molecule is Cc1ccc(C(C)NC(=O)CSc2nnc(-c3ccccc3)n2-c2ccccc2)o1. The van der Waals surface area contributed by atoms with Gasteiger partial charge in [0.1, 0.15) is 11.5 Å². The van der Waals surface area contributed by atoms with Crippen molar-refractivity contribution in [2.75, 3.05) is 5.75 Å². The molecular weight excluding hydrogens is 396 g/mol. The second-order valence-electron chi connectivity index (χ2n) is 6.87. The Labute approximate surface area is 179 Å². The van der Waals surface area contributed by atoms with E-state index in [4.69, 9.17) is 4.42 Å². The summed E-state index contributed by atoms with van der Waals surface area (Å²) in [6, 6.07) is 23.4. The number of hydrogen-bond acceptors (Lipinski definition) is 5. The van der Waals surface area contributed by atoms with E-state index in [-0.39, 0.29) is 17.7 Å². The molecule has 0 saturated carbocycles. The van der Waals surface area contributed by atoms with E-state index in [1.807, 2.05) is 91.2 Å². The standard InChI is InChI=1S/C23H22N4O2S/c1-16-13-14-20(29-16)17(2)24-21(28)15-30-23-26-25-22(18-9-5-3-6-10-18)27(23)19-11-7-4-8-12-19/h3-14,17H,15H2,1-2H3,(H,24,28). The van der Waals surface area contributed by atoms with Crippen molar-refractivity contribution in [2.24, 2.45) is 0 Å². The van der Waals surface area contributed by atoms with E-state index in [9.17, 15) is 4.79 Å². The molecule has 30 heavy (non-hydrogen) atoms. The largest absolute Gasteiger partial charge is 0.464 e. The quantitative estimate of drug-likeness (QED) is 0.436. The molecule has 2 aromatic carbocycles. The van der Waals surface area contributed by atoms with Gasteiger partial charge in [-0.25, -0.2) is 0 Å². The highest BCUT2D eigenvalue weighted by Crippen LogP contribution is 2.28. The van der Waals surface area contributed by atoms with Crippen molar-refractivity contribution in [1.82, 2.24) is 20.1 Å². The monoisotopic (exact) mass is 418 g/mol. The van der Waals surface area contributed by atoms with Crippen molar-refractivity contribution in [2.45, 2.75) is 25.0 Å². The number of rotatable bonds is 7. The molecule has 1 atom stereocenters. The second-order valence-corrected chi connectivity index (χ2v) is 7.81. The van der Waals surface area contributed by atoms with Crippen LogP contribution in [-0.4, -0.2) is 26.4 Å². The Hall–Kier alpha value is -3.32. The second kappa shape index (κ2) is 9.00. The Morgan fingerprint density at radius 1 is 1.03 bits per heavy atom. The maximum Gasteiger partial charge on any atom is 0.231 e. The van der Waals surface area contributed by atoms with Gasteiger partial charge >= 0.3 is 0 Å². The van der Waals surface area contributed by atoms with E-state index in [0.717, 1.165) is 28.6 Å². The van der Waals surface area contributed by atoms with Crippen LogP contribution < -0.4 is 5.32 Å². The number of aryl methyl sites for hydroxylation is 1. The highest BCUT2D eigenvalue weighted by atomic mass is 32.2. The summed E-state index contributed by atoms with van der Waals surface area (Å²) in [4.78, 5) is 12.5. The van der Waals surface area contributed by atoms with Crippen molar-refractivity contribution in [3.63, 3.8) is 0 Å². The van der Waals surface area contributed by atoms with Crippen molar-refractivity contribution >= 4 is 17.7 Å². The van der Waals surface area contributed by atoms with Gasteiger partial charge in [-0.15, -0.1) is 10.2 Å². The summed E-state index contributed by atoms with van der Waals surface area (Å²) >= 11 is 1.35. The van der Waals surface area contributed by atoms with Crippen LogP contribution in [0.15, 0.2) is 82.4 Å². The van der Waals surface area contributed by atoms with Crippen LogP contribution in [0.5, 0.6) is 0 Å². The molecule has 2 heterocycles. The van der Waals surface area contributed by atoms with E-state index < -0.39 is 0 Å². The van der Waals surface area contributed by atoms with Gasteiger partial charge in [-0.05, 0) is 38.1 Å². The van der Waals surface area contributed by atoms with Gasteiger partial charge in [0.15, 0.2) is 11.0 Å². The van der Waals surface area contributed by atoms with Crippen molar-refractivity contribution in [3.8, 4) is 17.1 Å². The number of carbonyl (C=O) groups excluding carboxylic acids is 1. The molecule has 0 aliphatic rings. The molecule has 0 fully saturated rings. The van der Waals surface area contributed by atoms with E-state index in [0.29, 0.717) is 5.16 Å². The van der Waals surface area contributed by atoms with Gasteiger partial charge in [0.2, 0.25) is 5.91 Å². The number of thioether (sulfide) groups is 1. The molecule has 4 aromatic rings. The summed E-state index contributed by atoms with van der Waals surface area (Å²) in [7, 11) is 0. The summed E-state index contributed by atoms with van der Waals surface area (Å²) in [5, 5.41) is 12.4. The summed E-state index contributed by atoms with van der Waals surface area (Å²) in [5.41, 5.74) is 1.91. The molecule has 7 heteroatoms. The molecule has 4 rings (SSSR count). The Balaban J connectivity index is 1.53. The first-order valence-electron chi connectivity index (χ1n) is 9.66. The molecule has 2 aromatic heterocycles. The molecule has 6 nitrogen and oxygen atoms in total. The van der Waals surface area contributed by atoms with Gasteiger partial charge in [0.25, 0.3) is 0 Å². The fraction of sp³-hybridized carbons (Fsp3) is 0.174. The Kier molecular flexibility index (Phi) is 5.99. The van der Waals surface area contributed by atoms with Crippen molar-refractivity contribution in [1.29, 1.82) is 0 Å². The van der Waals surface area contributed by atoms with E-state index in [1.165, 1.54) is 11.8 Å². The minimum atomic E-state index is -0.196. The number of nitrogens with one attached hydrogen (secondary N) is 1. The number of nitrogens with zero attached hydrogens (tertiary/aromatic N) is 3. The van der Waals surface area contributed by atoms with Crippen LogP contribution in [0.3, 0.4) is 0 Å². The molecule has 0 aliphatic carbocycles. The number of benzene rings is 2. The molecule has 152 valence electrons. The highest BCUT2D eigenvalue weighted by Gasteiger charge is 2.18. The van der Waals surface area contributed by atoms with Crippen LogP contribution in [-0.2, 0) is 4.79 Å². The lowest BCUT2D eigenvalue weighted by Gasteiger charge is -2.12. The smallest absolute Gasteiger partial charge is 0.231 e. The Morgan fingerprint density at radius 3 is 2.40 bits per heavy atom. The molecule has 0 saturated heterocycles. The van der Waals surface area contributed by atoms with Gasteiger partial charge in [-0.3, -0.25) is 9.36 Å². The molecule has 0 aliphatic heterocycles. The number of carbonyl (C=O) groups is 1. The van der Waals surface area contributed by atoms with Gasteiger partial charge < -0.3 is 9.73 Å². The van der Waals surface area contributed by atoms with E-state index >= 15 is 0 Å². The molecule has 1 N–H and O–H groups in total. The van der Waals surface area contributed by atoms with Crippen LogP contribution in [0.1, 0.15) is 24.5 Å². The minimum Gasteiger partial charge on any atom is -0.464 e. The first-order chi connectivity index (χ1) is 14.6. The lowest BCUT2D eigenvalue weighted by molar-refractivity contribution is -0.119. The maximum absolute atomic E-state index is 12.5. The summed E-state index contributed by atoms with van der Waals surface area (Å²) < 4.78 is 7.57. The fourth-order valence-electron chi connectivity index (χ4n) is 3.12. The predicted octanol–water partition coefficient (Wildman–Crippen LogP) is 4.81. The molecule has 1 amide bonds. The Bertz CT molecular complexity index is 1120. The number of hydrogen-bond donors (Lipinski definition) is 1. The zero-order chi connectivity index (χ0) is 20.9. The average Bonchev–Trinajstić information content (AvgIpc) is 3.40. The van der Waals surface area contributed by atoms with E-state index in [2.05, 4.69) is 15.5 Å². The maximum atomic E-state index is 12.5. The number of furan rings is 1. The minimum absolute atomic E-state index is 0.0922. The molecule has 0 radical (unpaired) electrons. The molecule has 0 spiro atoms. The topological polar surface area (TPSA) is 73.0 Å². The first-order valence-corrected chi connectivity index (χ1v) is 10.6. The van der Waals surface area contributed by atoms with Crippen LogP contribution in [0, 0.1) is 6.92 Å². The zero-order valence-electron chi connectivity index (χ0n) is 16.8. The first kappa shape index (κ1) is 20.0. The zero-order valence-corrected chi connectivity index (χ0v) is 17.6. The predicted molar refractivity (Wildman–Crippen MR) is 118 cm³/mol. The third-order valence-corrected chi connectivity index (χ3v) is 5.51. The summed E-state index contributed by atoms with van der Waals surface area (Å²) in [6.07, 6.45) is 0. The lowest BCUT2D eigenvalue weighted by atomic mass is 10.2. The third-order valence-electron chi connectivity index (χ3n) is 4.58.